The first-order valence-corrected chi connectivity index (χ1v) is 7.34. The first-order valence-electron chi connectivity index (χ1n) is 7.34. The van der Waals surface area contributed by atoms with Gasteiger partial charge in [-0.05, 0) is 37.0 Å². The number of methoxy groups -OCH3 is 1. The second kappa shape index (κ2) is 4.30. The topological polar surface area (TPSA) is 51.1 Å². The van der Waals surface area contributed by atoms with E-state index < -0.39 is 0 Å². The molecule has 20 heavy (non-hydrogen) atoms. The molecule has 2 bridgehead atoms. The summed E-state index contributed by atoms with van der Waals surface area (Å²) >= 11 is 0. The Labute approximate surface area is 120 Å². The molecule has 2 fully saturated rings. The van der Waals surface area contributed by atoms with Crippen molar-refractivity contribution in [1.29, 1.82) is 0 Å². The highest BCUT2D eigenvalue weighted by atomic mass is 16.5. The van der Waals surface area contributed by atoms with Crippen LogP contribution in [-0.2, 0) is 0 Å². The zero-order valence-corrected chi connectivity index (χ0v) is 13.1. The Morgan fingerprint density at radius 1 is 1.15 bits per heavy atom. The van der Waals surface area contributed by atoms with E-state index in [1.165, 1.54) is 19.3 Å². The van der Waals surface area contributed by atoms with E-state index in [9.17, 15) is 0 Å². The Bertz CT molecular complexity index is 531. The third-order valence-corrected chi connectivity index (χ3v) is 4.57. The summed E-state index contributed by atoms with van der Waals surface area (Å²) in [6.07, 6.45) is 3.72. The van der Waals surface area contributed by atoms with Crippen LogP contribution in [0.25, 0.3) is 0 Å². The molecular formula is C15H24N4O. The van der Waals surface area contributed by atoms with Crippen LogP contribution in [0.1, 0.15) is 45.9 Å². The number of aryl methyl sites for hydroxylation is 1. The van der Waals surface area contributed by atoms with E-state index in [1.54, 1.807) is 7.11 Å². The van der Waals surface area contributed by atoms with E-state index in [1.807, 2.05) is 6.92 Å². The SMILES string of the molecule is COc1nc(C)nc(N2CC3(C)CC2CC(C)(C)C3)n1. The molecule has 0 N–H and O–H groups in total. The molecule has 110 valence electrons. The molecule has 2 heterocycles. The van der Waals surface area contributed by atoms with Crippen LogP contribution < -0.4 is 9.64 Å². The van der Waals surface area contributed by atoms with Crippen molar-refractivity contribution in [3.63, 3.8) is 0 Å². The molecule has 1 aliphatic heterocycles. The van der Waals surface area contributed by atoms with E-state index in [0.717, 1.165) is 18.3 Å². The lowest BCUT2D eigenvalue weighted by Gasteiger charge is -2.39. The fraction of sp³-hybridized carbons (Fsp3) is 0.800. The average Bonchev–Trinajstić information content (AvgIpc) is 2.57. The molecule has 1 saturated heterocycles. The van der Waals surface area contributed by atoms with Gasteiger partial charge in [0.2, 0.25) is 5.95 Å². The quantitative estimate of drug-likeness (QED) is 0.831. The summed E-state index contributed by atoms with van der Waals surface area (Å²) in [6.45, 7) is 10.1. The minimum absolute atomic E-state index is 0.375. The molecule has 5 heteroatoms. The van der Waals surface area contributed by atoms with Crippen molar-refractivity contribution < 1.29 is 4.74 Å². The predicted molar refractivity (Wildman–Crippen MR) is 78.0 cm³/mol. The lowest BCUT2D eigenvalue weighted by atomic mass is 9.65. The van der Waals surface area contributed by atoms with E-state index in [2.05, 4.69) is 40.6 Å². The van der Waals surface area contributed by atoms with Crippen molar-refractivity contribution in [2.24, 2.45) is 10.8 Å². The molecule has 0 aromatic carbocycles. The largest absolute Gasteiger partial charge is 0.467 e. The van der Waals surface area contributed by atoms with Crippen LogP contribution in [0.5, 0.6) is 6.01 Å². The molecule has 3 rings (SSSR count). The van der Waals surface area contributed by atoms with E-state index in [4.69, 9.17) is 4.74 Å². The summed E-state index contributed by atoms with van der Waals surface area (Å²) in [4.78, 5) is 15.5. The summed E-state index contributed by atoms with van der Waals surface area (Å²) in [5.41, 5.74) is 0.777. The highest BCUT2D eigenvalue weighted by molar-refractivity contribution is 5.37. The van der Waals surface area contributed by atoms with Crippen molar-refractivity contribution >= 4 is 5.95 Å². The van der Waals surface area contributed by atoms with Gasteiger partial charge in [0.1, 0.15) is 5.82 Å². The number of hydrogen-bond acceptors (Lipinski definition) is 5. The zero-order chi connectivity index (χ0) is 14.5. The fourth-order valence-corrected chi connectivity index (χ4v) is 4.36. The van der Waals surface area contributed by atoms with Crippen molar-refractivity contribution in [2.75, 3.05) is 18.6 Å². The van der Waals surface area contributed by atoms with Gasteiger partial charge in [0.25, 0.3) is 0 Å². The predicted octanol–water partition coefficient (Wildman–Crippen LogP) is 2.59. The molecule has 0 radical (unpaired) electrons. The number of ether oxygens (including phenoxy) is 1. The monoisotopic (exact) mass is 276 g/mol. The maximum Gasteiger partial charge on any atom is 0.321 e. The molecule has 2 unspecified atom stereocenters. The third kappa shape index (κ3) is 2.34. The zero-order valence-electron chi connectivity index (χ0n) is 13.1. The second-order valence-corrected chi connectivity index (χ2v) is 7.51. The van der Waals surface area contributed by atoms with Gasteiger partial charge in [0.15, 0.2) is 0 Å². The molecule has 0 spiro atoms. The Kier molecular flexibility index (Phi) is 2.92. The van der Waals surface area contributed by atoms with Gasteiger partial charge in [-0.25, -0.2) is 0 Å². The van der Waals surface area contributed by atoms with Crippen LogP contribution in [0.3, 0.4) is 0 Å². The van der Waals surface area contributed by atoms with Gasteiger partial charge in [-0.1, -0.05) is 20.8 Å². The first kappa shape index (κ1) is 13.6. The highest BCUT2D eigenvalue weighted by Crippen LogP contribution is 2.53. The van der Waals surface area contributed by atoms with Gasteiger partial charge < -0.3 is 9.64 Å². The number of hydrogen-bond donors (Lipinski definition) is 0. The van der Waals surface area contributed by atoms with E-state index in [0.29, 0.717) is 22.9 Å². The van der Waals surface area contributed by atoms with Gasteiger partial charge in [-0.3, -0.25) is 0 Å². The van der Waals surface area contributed by atoms with Crippen molar-refractivity contribution in [3.05, 3.63) is 5.82 Å². The lowest BCUT2D eigenvalue weighted by Crippen LogP contribution is -2.35. The molecule has 1 aliphatic carbocycles. The molecule has 2 atom stereocenters. The maximum atomic E-state index is 5.18. The van der Waals surface area contributed by atoms with Crippen LogP contribution in [-0.4, -0.2) is 34.6 Å². The van der Waals surface area contributed by atoms with Crippen LogP contribution in [0.4, 0.5) is 5.95 Å². The van der Waals surface area contributed by atoms with E-state index >= 15 is 0 Å². The number of anilines is 1. The van der Waals surface area contributed by atoms with Crippen LogP contribution in [0, 0.1) is 17.8 Å². The number of fused-ring (bicyclic) bond motifs is 2. The molecule has 1 aromatic heterocycles. The Morgan fingerprint density at radius 2 is 1.90 bits per heavy atom. The second-order valence-electron chi connectivity index (χ2n) is 7.51. The number of aromatic nitrogens is 3. The van der Waals surface area contributed by atoms with Gasteiger partial charge >= 0.3 is 6.01 Å². The van der Waals surface area contributed by atoms with Crippen molar-refractivity contribution in [2.45, 2.75) is 53.0 Å². The van der Waals surface area contributed by atoms with Crippen LogP contribution in [0.15, 0.2) is 0 Å². The van der Waals surface area contributed by atoms with E-state index in [-0.39, 0.29) is 0 Å². The smallest absolute Gasteiger partial charge is 0.321 e. The Balaban J connectivity index is 1.94. The normalized spacial score (nSPS) is 31.4. The summed E-state index contributed by atoms with van der Waals surface area (Å²) in [7, 11) is 1.60. The van der Waals surface area contributed by atoms with Gasteiger partial charge in [0, 0.05) is 12.6 Å². The fourth-order valence-electron chi connectivity index (χ4n) is 4.36. The summed E-state index contributed by atoms with van der Waals surface area (Å²) in [5, 5.41) is 0. The maximum absolute atomic E-state index is 5.18. The summed E-state index contributed by atoms with van der Waals surface area (Å²) < 4.78 is 5.18. The summed E-state index contributed by atoms with van der Waals surface area (Å²) in [5.74, 6) is 1.50. The third-order valence-electron chi connectivity index (χ3n) is 4.57. The van der Waals surface area contributed by atoms with Gasteiger partial charge in [-0.2, -0.15) is 15.0 Å². The Hall–Kier alpha value is -1.39. The summed E-state index contributed by atoms with van der Waals surface area (Å²) in [6, 6.07) is 0.952. The standard InChI is InChI=1S/C15H24N4O/c1-10-16-12(18-13(17-10)20-5)19-9-15(4)7-11(19)6-14(2,3)8-15/h11H,6-9H2,1-5H3. The molecule has 2 aliphatic rings. The minimum atomic E-state index is 0.375. The minimum Gasteiger partial charge on any atom is -0.467 e. The van der Waals surface area contributed by atoms with Crippen molar-refractivity contribution in [1.82, 2.24) is 15.0 Å². The molecule has 5 nitrogen and oxygen atoms in total. The Morgan fingerprint density at radius 3 is 2.60 bits per heavy atom. The lowest BCUT2D eigenvalue weighted by molar-refractivity contribution is 0.136. The first-order chi connectivity index (χ1) is 9.30. The van der Waals surface area contributed by atoms with Gasteiger partial charge in [-0.15, -0.1) is 0 Å². The highest BCUT2D eigenvalue weighted by Gasteiger charge is 2.50. The van der Waals surface area contributed by atoms with Crippen LogP contribution >= 0.6 is 0 Å². The molecular weight excluding hydrogens is 252 g/mol. The molecule has 1 saturated carbocycles. The van der Waals surface area contributed by atoms with Gasteiger partial charge in [0.05, 0.1) is 7.11 Å². The number of rotatable bonds is 2. The molecule has 0 amide bonds. The van der Waals surface area contributed by atoms with Crippen LogP contribution in [0.2, 0.25) is 0 Å². The number of nitrogens with zero attached hydrogens (tertiary/aromatic N) is 4. The molecule has 1 aromatic rings. The van der Waals surface area contributed by atoms with Crippen molar-refractivity contribution in [3.8, 4) is 6.01 Å². The average molecular weight is 276 g/mol.